The summed E-state index contributed by atoms with van der Waals surface area (Å²) >= 11 is 3.40. The molecule has 0 unspecified atom stereocenters. The Hall–Kier alpha value is -1.73. The zero-order valence-corrected chi connectivity index (χ0v) is 10.7. The normalized spacial score (nSPS) is 9.88. The van der Waals surface area contributed by atoms with Crippen molar-refractivity contribution in [2.75, 3.05) is 0 Å². The average molecular weight is 288 g/mol. The first-order valence-electron chi connectivity index (χ1n) is 5.24. The lowest BCUT2D eigenvalue weighted by Crippen LogP contribution is -1.95. The second kappa shape index (κ2) is 5.55. The molecule has 0 aliphatic carbocycles. The van der Waals surface area contributed by atoms with Crippen LogP contribution in [0.15, 0.2) is 41.0 Å². The van der Waals surface area contributed by atoms with Gasteiger partial charge in [0.05, 0.1) is 11.8 Å². The van der Waals surface area contributed by atoms with Crippen molar-refractivity contribution in [2.24, 2.45) is 0 Å². The van der Waals surface area contributed by atoms with Crippen LogP contribution in [-0.4, -0.2) is 9.97 Å². The van der Waals surface area contributed by atoms with E-state index in [4.69, 9.17) is 5.26 Å². The summed E-state index contributed by atoms with van der Waals surface area (Å²) in [7, 11) is 0. The van der Waals surface area contributed by atoms with Gasteiger partial charge in [-0.25, -0.2) is 9.97 Å². The van der Waals surface area contributed by atoms with Crippen molar-refractivity contribution in [3.05, 3.63) is 46.8 Å². The number of hydrogen-bond donors (Lipinski definition) is 0. The highest BCUT2D eigenvalue weighted by Gasteiger charge is 2.02. The van der Waals surface area contributed by atoms with Gasteiger partial charge in [-0.3, -0.25) is 0 Å². The first-order chi connectivity index (χ1) is 8.29. The van der Waals surface area contributed by atoms with Crippen LogP contribution in [0.5, 0.6) is 0 Å². The van der Waals surface area contributed by atoms with Crippen LogP contribution in [-0.2, 0) is 6.42 Å². The summed E-state index contributed by atoms with van der Waals surface area (Å²) in [5.74, 6) is 0.715. The van der Waals surface area contributed by atoms with Gasteiger partial charge in [-0.15, -0.1) is 0 Å². The lowest BCUT2D eigenvalue weighted by Gasteiger charge is -2.02. The first-order valence-corrected chi connectivity index (χ1v) is 6.04. The molecule has 0 saturated carbocycles. The van der Waals surface area contributed by atoms with Crippen LogP contribution in [0, 0.1) is 11.3 Å². The Morgan fingerprint density at radius 1 is 1.18 bits per heavy atom. The summed E-state index contributed by atoms with van der Waals surface area (Å²) in [4.78, 5) is 8.58. The highest BCUT2D eigenvalue weighted by molar-refractivity contribution is 9.10. The van der Waals surface area contributed by atoms with Crippen LogP contribution >= 0.6 is 15.9 Å². The largest absolute Gasteiger partial charge is 0.241 e. The number of benzene rings is 1. The first kappa shape index (κ1) is 11.7. The van der Waals surface area contributed by atoms with Crippen LogP contribution in [0.2, 0.25) is 0 Å². The number of hydrogen-bond acceptors (Lipinski definition) is 3. The Morgan fingerprint density at radius 2 is 1.94 bits per heavy atom. The second-order valence-corrected chi connectivity index (χ2v) is 4.44. The van der Waals surface area contributed by atoms with Gasteiger partial charge in [-0.05, 0) is 18.2 Å². The number of nitriles is 1. The molecule has 0 spiro atoms. The maximum Gasteiger partial charge on any atom is 0.129 e. The molecule has 0 radical (unpaired) electrons. The molecule has 0 amide bonds. The summed E-state index contributed by atoms with van der Waals surface area (Å²) in [6.07, 6.45) is 2.78. The molecule has 0 atom stereocenters. The molecule has 2 aromatic rings. The standard InChI is InChI=1S/C13H10BrN3/c14-11-5-3-10(4-6-11)12-7-9-16-13(17-12)2-1-8-15/h3-7,9H,1-2H2. The topological polar surface area (TPSA) is 49.6 Å². The zero-order chi connectivity index (χ0) is 12.1. The Bertz CT molecular complexity index is 543. The minimum Gasteiger partial charge on any atom is -0.241 e. The van der Waals surface area contributed by atoms with E-state index in [0.717, 1.165) is 15.7 Å². The van der Waals surface area contributed by atoms with Crippen LogP contribution in [0.1, 0.15) is 12.2 Å². The van der Waals surface area contributed by atoms with Crippen molar-refractivity contribution in [3.8, 4) is 17.3 Å². The summed E-state index contributed by atoms with van der Waals surface area (Å²) in [5.41, 5.74) is 1.94. The van der Waals surface area contributed by atoms with E-state index in [1.54, 1.807) is 6.20 Å². The highest BCUT2D eigenvalue weighted by atomic mass is 79.9. The van der Waals surface area contributed by atoms with Gasteiger partial charge >= 0.3 is 0 Å². The van der Waals surface area contributed by atoms with Crippen molar-refractivity contribution in [1.82, 2.24) is 9.97 Å². The predicted molar refractivity (Wildman–Crippen MR) is 69.1 cm³/mol. The van der Waals surface area contributed by atoms with Gasteiger partial charge in [0.25, 0.3) is 0 Å². The molecular formula is C13H10BrN3. The summed E-state index contributed by atoms with van der Waals surface area (Å²) in [5, 5.41) is 8.53. The Kier molecular flexibility index (Phi) is 3.84. The minimum atomic E-state index is 0.448. The number of aromatic nitrogens is 2. The van der Waals surface area contributed by atoms with Gasteiger partial charge < -0.3 is 0 Å². The van der Waals surface area contributed by atoms with E-state index in [1.807, 2.05) is 30.3 Å². The van der Waals surface area contributed by atoms with E-state index in [9.17, 15) is 0 Å². The molecule has 84 valence electrons. The average Bonchev–Trinajstić information content (AvgIpc) is 2.37. The molecular weight excluding hydrogens is 278 g/mol. The Balaban J connectivity index is 2.27. The molecule has 4 heteroatoms. The fraction of sp³-hybridized carbons (Fsp3) is 0.154. The molecule has 3 nitrogen and oxygen atoms in total. The maximum atomic E-state index is 8.53. The van der Waals surface area contributed by atoms with Crippen molar-refractivity contribution < 1.29 is 0 Å². The molecule has 0 fully saturated rings. The quantitative estimate of drug-likeness (QED) is 0.870. The monoisotopic (exact) mass is 287 g/mol. The van der Waals surface area contributed by atoms with E-state index in [1.165, 1.54) is 0 Å². The second-order valence-electron chi connectivity index (χ2n) is 3.52. The molecule has 0 aliphatic rings. The van der Waals surface area contributed by atoms with Gasteiger partial charge in [0.15, 0.2) is 0 Å². The molecule has 0 aliphatic heterocycles. The van der Waals surface area contributed by atoms with Crippen LogP contribution < -0.4 is 0 Å². The van der Waals surface area contributed by atoms with Crippen LogP contribution in [0.25, 0.3) is 11.3 Å². The molecule has 1 aromatic carbocycles. The van der Waals surface area contributed by atoms with Crippen LogP contribution in [0.3, 0.4) is 0 Å². The third kappa shape index (κ3) is 3.11. The van der Waals surface area contributed by atoms with Crippen molar-refractivity contribution in [3.63, 3.8) is 0 Å². The molecule has 1 aromatic heterocycles. The lowest BCUT2D eigenvalue weighted by molar-refractivity contribution is 0.887. The maximum absolute atomic E-state index is 8.53. The molecule has 0 saturated heterocycles. The molecule has 0 bridgehead atoms. The van der Waals surface area contributed by atoms with E-state index in [0.29, 0.717) is 18.7 Å². The van der Waals surface area contributed by atoms with Crippen molar-refractivity contribution in [2.45, 2.75) is 12.8 Å². The third-order valence-corrected chi connectivity index (χ3v) is 2.83. The summed E-state index contributed by atoms with van der Waals surface area (Å²) < 4.78 is 1.04. The minimum absolute atomic E-state index is 0.448. The molecule has 2 rings (SSSR count). The number of nitrogens with zero attached hydrogens (tertiary/aromatic N) is 3. The summed E-state index contributed by atoms with van der Waals surface area (Å²) in [6, 6.07) is 11.9. The highest BCUT2D eigenvalue weighted by Crippen LogP contribution is 2.19. The Morgan fingerprint density at radius 3 is 2.65 bits per heavy atom. The van der Waals surface area contributed by atoms with Gasteiger partial charge in [0.1, 0.15) is 5.82 Å². The van der Waals surface area contributed by atoms with Gasteiger partial charge in [-0.1, -0.05) is 28.1 Å². The molecule has 1 heterocycles. The van der Waals surface area contributed by atoms with E-state index < -0.39 is 0 Å². The van der Waals surface area contributed by atoms with E-state index >= 15 is 0 Å². The fourth-order valence-corrected chi connectivity index (χ4v) is 1.73. The van der Waals surface area contributed by atoms with Gasteiger partial charge in [0, 0.05) is 29.1 Å². The van der Waals surface area contributed by atoms with Crippen molar-refractivity contribution in [1.29, 1.82) is 5.26 Å². The molecule has 0 N–H and O–H groups in total. The fourth-order valence-electron chi connectivity index (χ4n) is 1.47. The van der Waals surface area contributed by atoms with Crippen LogP contribution in [0.4, 0.5) is 0 Å². The van der Waals surface area contributed by atoms with E-state index in [-0.39, 0.29) is 0 Å². The zero-order valence-electron chi connectivity index (χ0n) is 9.10. The molecule has 17 heavy (non-hydrogen) atoms. The van der Waals surface area contributed by atoms with Gasteiger partial charge in [-0.2, -0.15) is 5.26 Å². The smallest absolute Gasteiger partial charge is 0.129 e. The number of rotatable bonds is 3. The van der Waals surface area contributed by atoms with E-state index in [2.05, 4.69) is 32.0 Å². The SMILES string of the molecule is N#CCCc1nccc(-c2ccc(Br)cc2)n1. The summed E-state index contributed by atoms with van der Waals surface area (Å²) in [6.45, 7) is 0. The number of aryl methyl sites for hydroxylation is 1. The lowest BCUT2D eigenvalue weighted by atomic mass is 10.1. The third-order valence-electron chi connectivity index (χ3n) is 2.31. The predicted octanol–water partition coefficient (Wildman–Crippen LogP) is 3.36. The number of halogens is 1. The van der Waals surface area contributed by atoms with Crippen molar-refractivity contribution >= 4 is 15.9 Å². The Labute approximate surface area is 108 Å². The van der Waals surface area contributed by atoms with Gasteiger partial charge in [0.2, 0.25) is 0 Å².